The summed E-state index contributed by atoms with van der Waals surface area (Å²) < 4.78 is 1.92. The lowest BCUT2D eigenvalue weighted by molar-refractivity contribution is 0.00154. The van der Waals surface area contributed by atoms with E-state index in [9.17, 15) is 0 Å². The van der Waals surface area contributed by atoms with Crippen LogP contribution in [0.5, 0.6) is 0 Å². The highest BCUT2D eigenvalue weighted by Crippen LogP contribution is 2.57. The van der Waals surface area contributed by atoms with E-state index in [1.807, 2.05) is 41.1 Å². The minimum absolute atomic E-state index is 0.0636. The SMILES string of the molecule is Clc1ccc(-c2cc(C(=NC34CC5CC(CC(C5)C3)C4)NC3CC3)nn2-c2ccc(Cl)cc2Cl)cc1. The molecule has 5 fully saturated rings. The molecule has 0 saturated heterocycles. The molecule has 0 aliphatic heterocycles. The molecule has 5 aliphatic rings. The third-order valence-electron chi connectivity index (χ3n) is 8.50. The number of hydrogen-bond acceptors (Lipinski definition) is 2. The van der Waals surface area contributed by atoms with E-state index < -0.39 is 0 Å². The second kappa shape index (κ2) is 8.79. The average molecular weight is 540 g/mol. The number of nitrogens with one attached hydrogen (secondary N) is 1. The normalized spacial score (nSPS) is 29.1. The summed E-state index contributed by atoms with van der Waals surface area (Å²) in [7, 11) is 0. The molecule has 186 valence electrons. The monoisotopic (exact) mass is 538 g/mol. The van der Waals surface area contributed by atoms with E-state index >= 15 is 0 Å². The second-order valence-electron chi connectivity index (χ2n) is 11.5. The van der Waals surface area contributed by atoms with Crippen LogP contribution >= 0.6 is 34.8 Å². The lowest BCUT2D eigenvalue weighted by Crippen LogP contribution is -2.50. The van der Waals surface area contributed by atoms with Crippen molar-refractivity contribution in [3.63, 3.8) is 0 Å². The predicted molar refractivity (Wildman–Crippen MR) is 148 cm³/mol. The maximum Gasteiger partial charge on any atom is 0.150 e. The van der Waals surface area contributed by atoms with Crippen molar-refractivity contribution >= 4 is 40.6 Å². The Bertz CT molecular complexity index is 1300. The Morgan fingerprint density at radius 2 is 1.50 bits per heavy atom. The molecule has 4 bridgehead atoms. The van der Waals surface area contributed by atoms with Gasteiger partial charge in [-0.2, -0.15) is 5.10 Å². The zero-order valence-corrected chi connectivity index (χ0v) is 22.3. The molecule has 8 rings (SSSR count). The van der Waals surface area contributed by atoms with E-state index in [1.165, 1.54) is 51.4 Å². The largest absolute Gasteiger partial charge is 0.366 e. The van der Waals surface area contributed by atoms with Crippen LogP contribution in [0.4, 0.5) is 0 Å². The van der Waals surface area contributed by atoms with Gasteiger partial charge in [0, 0.05) is 21.7 Å². The highest BCUT2D eigenvalue weighted by atomic mass is 35.5. The van der Waals surface area contributed by atoms with Gasteiger partial charge in [-0.25, -0.2) is 4.68 Å². The lowest BCUT2D eigenvalue weighted by Gasteiger charge is -2.55. The van der Waals surface area contributed by atoms with Crippen LogP contribution in [0.3, 0.4) is 0 Å². The first-order valence-corrected chi connectivity index (χ1v) is 14.2. The topological polar surface area (TPSA) is 42.2 Å². The molecule has 1 N–H and O–H groups in total. The van der Waals surface area contributed by atoms with Gasteiger partial charge in [0.25, 0.3) is 0 Å². The van der Waals surface area contributed by atoms with Gasteiger partial charge < -0.3 is 5.32 Å². The highest BCUT2D eigenvalue weighted by Gasteiger charge is 2.51. The summed E-state index contributed by atoms with van der Waals surface area (Å²) in [6.07, 6.45) is 10.3. The molecular formula is C29H29Cl3N4. The number of halogens is 3. The van der Waals surface area contributed by atoms with Gasteiger partial charge in [-0.3, -0.25) is 4.99 Å². The van der Waals surface area contributed by atoms with Crippen LogP contribution in [0, 0.1) is 17.8 Å². The summed E-state index contributed by atoms with van der Waals surface area (Å²) in [6, 6.07) is 16.0. The Morgan fingerprint density at radius 1 is 0.861 bits per heavy atom. The van der Waals surface area contributed by atoms with Crippen molar-refractivity contribution in [3.05, 3.63) is 69.3 Å². The fourth-order valence-corrected chi connectivity index (χ4v) is 7.80. The van der Waals surface area contributed by atoms with E-state index in [0.717, 1.165) is 46.2 Å². The molecule has 1 aromatic heterocycles. The summed E-state index contributed by atoms with van der Waals surface area (Å²) in [5.74, 6) is 3.48. The quantitative estimate of drug-likeness (QED) is 0.264. The molecule has 7 heteroatoms. The molecule has 0 spiro atoms. The van der Waals surface area contributed by atoms with Crippen LogP contribution in [0.2, 0.25) is 15.1 Å². The van der Waals surface area contributed by atoms with Gasteiger partial charge in [-0.15, -0.1) is 0 Å². The molecule has 0 radical (unpaired) electrons. The van der Waals surface area contributed by atoms with Crippen LogP contribution in [-0.4, -0.2) is 27.2 Å². The maximum absolute atomic E-state index is 6.66. The van der Waals surface area contributed by atoms with Crippen LogP contribution in [0.1, 0.15) is 57.1 Å². The second-order valence-corrected chi connectivity index (χ2v) is 12.7. The number of benzene rings is 2. The first-order valence-electron chi connectivity index (χ1n) is 13.1. The Balaban J connectivity index is 1.35. The van der Waals surface area contributed by atoms with Crippen LogP contribution in [0.25, 0.3) is 16.9 Å². The molecule has 3 aromatic rings. The molecule has 5 aliphatic carbocycles. The Hall–Kier alpha value is -2.01. The first-order chi connectivity index (χ1) is 17.4. The maximum atomic E-state index is 6.66. The van der Waals surface area contributed by atoms with E-state index in [1.54, 1.807) is 6.07 Å². The Labute approximate surface area is 227 Å². The highest BCUT2D eigenvalue weighted by molar-refractivity contribution is 6.35. The zero-order chi connectivity index (χ0) is 24.4. The van der Waals surface area contributed by atoms with Crippen LogP contribution < -0.4 is 5.32 Å². The van der Waals surface area contributed by atoms with E-state index in [-0.39, 0.29) is 5.54 Å². The molecular weight excluding hydrogens is 511 g/mol. The van der Waals surface area contributed by atoms with Gasteiger partial charge in [0.1, 0.15) is 11.5 Å². The Morgan fingerprint density at radius 3 is 2.11 bits per heavy atom. The smallest absolute Gasteiger partial charge is 0.150 e. The number of aliphatic imine (C=N–C) groups is 1. The first kappa shape index (κ1) is 23.1. The van der Waals surface area contributed by atoms with Crippen molar-refractivity contribution in [2.24, 2.45) is 22.7 Å². The molecule has 4 nitrogen and oxygen atoms in total. The summed E-state index contributed by atoms with van der Waals surface area (Å²) in [5, 5.41) is 10.7. The number of amidine groups is 1. The summed E-state index contributed by atoms with van der Waals surface area (Å²) in [6.45, 7) is 0. The van der Waals surface area contributed by atoms with Crippen molar-refractivity contribution in [1.82, 2.24) is 15.1 Å². The van der Waals surface area contributed by atoms with Gasteiger partial charge in [-0.1, -0.05) is 46.9 Å². The number of nitrogens with zero attached hydrogens (tertiary/aromatic N) is 3. The van der Waals surface area contributed by atoms with Gasteiger partial charge in [0.2, 0.25) is 0 Å². The fourth-order valence-electron chi connectivity index (χ4n) is 7.18. The number of hydrogen-bond donors (Lipinski definition) is 1. The van der Waals surface area contributed by atoms with Crippen molar-refractivity contribution in [2.75, 3.05) is 0 Å². The van der Waals surface area contributed by atoms with Crippen molar-refractivity contribution in [2.45, 2.75) is 62.9 Å². The van der Waals surface area contributed by atoms with Gasteiger partial charge >= 0.3 is 0 Å². The van der Waals surface area contributed by atoms with Crippen molar-refractivity contribution < 1.29 is 0 Å². The summed E-state index contributed by atoms with van der Waals surface area (Å²) in [5.41, 5.74) is 3.69. The van der Waals surface area contributed by atoms with E-state index in [2.05, 4.69) is 11.4 Å². The number of rotatable bonds is 5. The molecule has 2 aromatic carbocycles. The summed E-state index contributed by atoms with van der Waals surface area (Å²) in [4.78, 5) is 5.57. The van der Waals surface area contributed by atoms with E-state index in [0.29, 0.717) is 21.1 Å². The molecule has 0 atom stereocenters. The fraction of sp³-hybridized carbons (Fsp3) is 0.448. The lowest BCUT2D eigenvalue weighted by atomic mass is 9.53. The summed E-state index contributed by atoms with van der Waals surface area (Å²) >= 11 is 19.1. The van der Waals surface area contributed by atoms with Crippen LogP contribution in [-0.2, 0) is 0 Å². The van der Waals surface area contributed by atoms with Gasteiger partial charge in [0.05, 0.1) is 21.9 Å². The van der Waals surface area contributed by atoms with E-state index in [4.69, 9.17) is 44.9 Å². The third-order valence-corrected chi connectivity index (χ3v) is 9.29. The third kappa shape index (κ3) is 4.36. The Kier molecular flexibility index (Phi) is 5.65. The standard InChI is InChI=1S/C29H29Cl3N4/c30-21-3-1-20(2-4-21)27-13-25(35-36(27)26-8-5-22(31)12-24(26)32)28(33-23-6-7-23)34-29-14-17-9-18(15-29)11-19(10-17)16-29/h1-5,8,12-13,17-19,23H,6-7,9-11,14-16H2,(H,33,34). The zero-order valence-electron chi connectivity index (χ0n) is 20.1. The van der Waals surface area contributed by atoms with Crippen molar-refractivity contribution in [1.29, 1.82) is 0 Å². The average Bonchev–Trinajstić information content (AvgIpc) is 3.53. The number of aromatic nitrogens is 2. The molecule has 0 amide bonds. The molecule has 0 unspecified atom stereocenters. The van der Waals surface area contributed by atoms with Gasteiger partial charge in [0.15, 0.2) is 0 Å². The molecule has 1 heterocycles. The van der Waals surface area contributed by atoms with Gasteiger partial charge in [-0.05, 0) is 106 Å². The minimum atomic E-state index is 0.0636. The minimum Gasteiger partial charge on any atom is -0.366 e. The predicted octanol–water partition coefficient (Wildman–Crippen LogP) is 7.97. The van der Waals surface area contributed by atoms with Crippen LogP contribution in [0.15, 0.2) is 53.5 Å². The molecule has 36 heavy (non-hydrogen) atoms. The molecule has 5 saturated carbocycles. The van der Waals surface area contributed by atoms with Crippen molar-refractivity contribution in [3.8, 4) is 16.9 Å².